The standard InChI is InChI=1S/C21H22N2O/c1-3-15-23-16(2)18-11-7-8-12-19(18)22-21(24)20(23)14-13-17-9-5-4-6-10-17/h3-14,16,20H,1,15H2,2H3,(H,22,24)/b14-13+. The van der Waals surface area contributed by atoms with E-state index in [1.165, 1.54) is 0 Å². The highest BCUT2D eigenvalue weighted by atomic mass is 16.2. The second-order valence-corrected chi connectivity index (χ2v) is 5.95. The monoisotopic (exact) mass is 318 g/mol. The number of hydrogen-bond donors (Lipinski definition) is 1. The number of nitrogens with one attached hydrogen (secondary N) is 1. The van der Waals surface area contributed by atoms with Gasteiger partial charge in [0.25, 0.3) is 0 Å². The molecule has 2 aromatic carbocycles. The summed E-state index contributed by atoms with van der Waals surface area (Å²) in [6.45, 7) is 6.63. The fraction of sp³-hybridized carbons (Fsp3) is 0.190. The molecular weight excluding hydrogens is 296 g/mol. The number of amides is 1. The van der Waals surface area contributed by atoms with Crippen molar-refractivity contribution in [1.29, 1.82) is 0 Å². The summed E-state index contributed by atoms with van der Waals surface area (Å²) >= 11 is 0. The van der Waals surface area contributed by atoms with Crippen molar-refractivity contribution >= 4 is 17.7 Å². The first kappa shape index (κ1) is 16.2. The molecule has 1 heterocycles. The van der Waals surface area contributed by atoms with Crippen molar-refractivity contribution < 1.29 is 4.79 Å². The molecule has 2 unspecified atom stereocenters. The molecule has 0 spiro atoms. The molecule has 3 rings (SSSR count). The number of fused-ring (bicyclic) bond motifs is 1. The Morgan fingerprint density at radius 3 is 2.58 bits per heavy atom. The minimum Gasteiger partial charge on any atom is -0.324 e. The Balaban J connectivity index is 1.96. The first-order valence-electron chi connectivity index (χ1n) is 8.20. The van der Waals surface area contributed by atoms with Crippen LogP contribution < -0.4 is 5.32 Å². The van der Waals surface area contributed by atoms with Crippen LogP contribution in [-0.2, 0) is 4.79 Å². The smallest absolute Gasteiger partial charge is 0.245 e. The van der Waals surface area contributed by atoms with Crippen molar-refractivity contribution in [3.05, 3.63) is 84.5 Å². The van der Waals surface area contributed by atoms with Gasteiger partial charge in [-0.3, -0.25) is 9.69 Å². The molecule has 24 heavy (non-hydrogen) atoms. The summed E-state index contributed by atoms with van der Waals surface area (Å²) in [4.78, 5) is 15.0. The van der Waals surface area contributed by atoms with Crippen LogP contribution in [0.1, 0.15) is 24.1 Å². The summed E-state index contributed by atoms with van der Waals surface area (Å²) in [5, 5.41) is 3.06. The van der Waals surface area contributed by atoms with Gasteiger partial charge in [0.2, 0.25) is 5.91 Å². The lowest BCUT2D eigenvalue weighted by Gasteiger charge is -2.30. The quantitative estimate of drug-likeness (QED) is 0.854. The van der Waals surface area contributed by atoms with Crippen molar-refractivity contribution in [2.24, 2.45) is 0 Å². The Hall–Kier alpha value is -2.65. The lowest BCUT2D eigenvalue weighted by Crippen LogP contribution is -2.42. The number of anilines is 1. The van der Waals surface area contributed by atoms with E-state index < -0.39 is 0 Å². The Kier molecular flexibility index (Phi) is 4.92. The molecule has 1 N–H and O–H groups in total. The minimum absolute atomic E-state index is 0.0131. The second kappa shape index (κ2) is 7.28. The number of hydrogen-bond acceptors (Lipinski definition) is 2. The van der Waals surface area contributed by atoms with Crippen LogP contribution in [0.3, 0.4) is 0 Å². The summed E-state index contributed by atoms with van der Waals surface area (Å²) in [7, 11) is 0. The van der Waals surface area contributed by atoms with Gasteiger partial charge >= 0.3 is 0 Å². The van der Waals surface area contributed by atoms with E-state index in [2.05, 4.69) is 29.8 Å². The molecule has 0 radical (unpaired) electrons. The van der Waals surface area contributed by atoms with E-state index in [9.17, 15) is 4.79 Å². The van der Waals surface area contributed by atoms with Gasteiger partial charge in [0.1, 0.15) is 6.04 Å². The first-order chi connectivity index (χ1) is 11.7. The SMILES string of the molecule is C=CCN1C(/C=C/c2ccccc2)C(=O)Nc2ccccc2C1C. The predicted molar refractivity (Wildman–Crippen MR) is 99.7 cm³/mol. The third kappa shape index (κ3) is 3.31. The average molecular weight is 318 g/mol. The molecule has 0 saturated heterocycles. The molecule has 2 aromatic rings. The number of nitrogens with zero attached hydrogens (tertiary/aromatic N) is 1. The van der Waals surface area contributed by atoms with Crippen molar-refractivity contribution in [2.45, 2.75) is 19.0 Å². The Morgan fingerprint density at radius 2 is 1.83 bits per heavy atom. The molecule has 1 amide bonds. The Bertz CT molecular complexity index is 751. The largest absolute Gasteiger partial charge is 0.324 e. The molecule has 122 valence electrons. The fourth-order valence-corrected chi connectivity index (χ4v) is 3.14. The van der Waals surface area contributed by atoms with Gasteiger partial charge in [-0.2, -0.15) is 0 Å². The zero-order valence-corrected chi connectivity index (χ0v) is 13.9. The minimum atomic E-state index is -0.342. The summed E-state index contributed by atoms with van der Waals surface area (Å²) in [5.74, 6) is -0.0131. The lowest BCUT2D eigenvalue weighted by molar-refractivity contribution is -0.120. The highest BCUT2D eigenvalue weighted by Crippen LogP contribution is 2.32. The number of benzene rings is 2. The van der Waals surface area contributed by atoms with Crippen molar-refractivity contribution in [3.63, 3.8) is 0 Å². The number of carbonyl (C=O) groups is 1. The summed E-state index contributed by atoms with van der Waals surface area (Å²) < 4.78 is 0. The van der Waals surface area contributed by atoms with E-state index in [4.69, 9.17) is 0 Å². The Labute approximate surface area is 143 Å². The molecule has 3 heteroatoms. The van der Waals surface area contributed by atoms with Gasteiger partial charge in [0.05, 0.1) is 0 Å². The van der Waals surface area contributed by atoms with E-state index in [1.807, 2.05) is 66.8 Å². The molecule has 1 aliphatic rings. The van der Waals surface area contributed by atoms with Gasteiger partial charge < -0.3 is 5.32 Å². The van der Waals surface area contributed by atoms with E-state index in [0.29, 0.717) is 6.54 Å². The van der Waals surface area contributed by atoms with E-state index in [-0.39, 0.29) is 18.0 Å². The van der Waals surface area contributed by atoms with Crippen LogP contribution in [0, 0.1) is 0 Å². The van der Waals surface area contributed by atoms with Gasteiger partial charge in [0.15, 0.2) is 0 Å². The highest BCUT2D eigenvalue weighted by Gasteiger charge is 2.32. The van der Waals surface area contributed by atoms with Crippen molar-refractivity contribution in [3.8, 4) is 0 Å². The molecule has 1 aliphatic heterocycles. The van der Waals surface area contributed by atoms with Crippen molar-refractivity contribution in [2.75, 3.05) is 11.9 Å². The first-order valence-corrected chi connectivity index (χ1v) is 8.20. The molecule has 2 atom stereocenters. The van der Waals surface area contributed by atoms with E-state index in [0.717, 1.165) is 16.8 Å². The zero-order valence-electron chi connectivity index (χ0n) is 13.9. The normalized spacial score (nSPS) is 21.1. The summed E-state index contributed by atoms with van der Waals surface area (Å²) in [6, 6.07) is 17.8. The maximum atomic E-state index is 12.8. The third-order valence-corrected chi connectivity index (χ3v) is 4.40. The number of carbonyl (C=O) groups excluding carboxylic acids is 1. The van der Waals surface area contributed by atoms with Gasteiger partial charge in [-0.15, -0.1) is 6.58 Å². The Morgan fingerprint density at radius 1 is 1.12 bits per heavy atom. The van der Waals surface area contributed by atoms with Crippen LogP contribution in [0.15, 0.2) is 73.3 Å². The van der Waals surface area contributed by atoms with Crippen LogP contribution in [0.25, 0.3) is 6.08 Å². The average Bonchev–Trinajstić information content (AvgIpc) is 2.70. The van der Waals surface area contributed by atoms with Crippen LogP contribution in [0.4, 0.5) is 5.69 Å². The predicted octanol–water partition coefficient (Wildman–Crippen LogP) is 4.27. The van der Waals surface area contributed by atoms with Crippen LogP contribution in [0.2, 0.25) is 0 Å². The van der Waals surface area contributed by atoms with Gasteiger partial charge in [-0.1, -0.05) is 66.8 Å². The molecule has 0 saturated carbocycles. The van der Waals surface area contributed by atoms with Crippen LogP contribution in [0.5, 0.6) is 0 Å². The summed E-state index contributed by atoms with van der Waals surface area (Å²) in [6.07, 6.45) is 5.82. The molecule has 0 aliphatic carbocycles. The third-order valence-electron chi connectivity index (χ3n) is 4.40. The number of para-hydroxylation sites is 1. The van der Waals surface area contributed by atoms with Gasteiger partial charge in [-0.05, 0) is 24.1 Å². The van der Waals surface area contributed by atoms with E-state index >= 15 is 0 Å². The summed E-state index contributed by atoms with van der Waals surface area (Å²) in [5.41, 5.74) is 3.10. The maximum Gasteiger partial charge on any atom is 0.245 e. The topological polar surface area (TPSA) is 32.3 Å². The van der Waals surface area contributed by atoms with Crippen LogP contribution in [-0.4, -0.2) is 23.4 Å². The molecule has 0 aromatic heterocycles. The molecule has 0 bridgehead atoms. The van der Waals surface area contributed by atoms with E-state index in [1.54, 1.807) is 0 Å². The van der Waals surface area contributed by atoms with Crippen molar-refractivity contribution in [1.82, 2.24) is 4.90 Å². The fourth-order valence-electron chi connectivity index (χ4n) is 3.14. The van der Waals surface area contributed by atoms with Gasteiger partial charge in [-0.25, -0.2) is 0 Å². The maximum absolute atomic E-state index is 12.8. The number of rotatable bonds is 4. The molecular formula is C21H22N2O. The van der Waals surface area contributed by atoms with Gasteiger partial charge in [0, 0.05) is 18.3 Å². The zero-order chi connectivity index (χ0) is 16.9. The second-order valence-electron chi connectivity index (χ2n) is 5.95. The molecule has 3 nitrogen and oxygen atoms in total. The van der Waals surface area contributed by atoms with Crippen LogP contribution >= 0.6 is 0 Å². The molecule has 0 fully saturated rings. The lowest BCUT2D eigenvalue weighted by atomic mass is 10.0. The highest BCUT2D eigenvalue weighted by molar-refractivity contribution is 5.98.